The number of nitrogens with one attached hydrogen (secondary N) is 1. The number of carbonyl (C=O) groups is 2. The molecular formula is C45H75N3O3. The van der Waals surface area contributed by atoms with E-state index in [1.165, 1.54) is 24.8 Å². The normalized spacial score (nSPS) is 50.2. The zero-order valence-electron chi connectivity index (χ0n) is 34.6. The van der Waals surface area contributed by atoms with Crippen LogP contribution >= 0.6 is 0 Å². The van der Waals surface area contributed by atoms with Gasteiger partial charge in [0.2, 0.25) is 11.8 Å². The van der Waals surface area contributed by atoms with E-state index in [9.17, 15) is 9.90 Å². The molecule has 1 unspecified atom stereocenters. The average Bonchev–Trinajstić information content (AvgIpc) is 3.49. The maximum Gasteiger partial charge on any atom is 0.226 e. The highest BCUT2D eigenvalue weighted by Gasteiger charge is 2.78. The van der Waals surface area contributed by atoms with Gasteiger partial charge in [-0.2, -0.15) is 0 Å². The van der Waals surface area contributed by atoms with Crippen molar-refractivity contribution in [2.75, 3.05) is 32.7 Å². The predicted octanol–water partition coefficient (Wildman–Crippen LogP) is 8.48. The summed E-state index contributed by atoms with van der Waals surface area (Å²) in [7, 11) is 0. The summed E-state index contributed by atoms with van der Waals surface area (Å²) in [4.78, 5) is 33.3. The van der Waals surface area contributed by atoms with Crippen molar-refractivity contribution in [3.05, 3.63) is 12.2 Å². The number of hydrogen-bond donors (Lipinski definition) is 2. The van der Waals surface area contributed by atoms with E-state index in [1.807, 2.05) is 0 Å². The second kappa shape index (κ2) is 11.8. The van der Waals surface area contributed by atoms with Crippen LogP contribution in [0.1, 0.15) is 147 Å². The number of likely N-dealkylation sites (N-methyl/N-ethyl adjacent to an activating group) is 1. The molecule has 7 rings (SSSR count). The van der Waals surface area contributed by atoms with Crippen LogP contribution in [0.5, 0.6) is 0 Å². The van der Waals surface area contributed by atoms with Gasteiger partial charge in [0.1, 0.15) is 0 Å². The zero-order chi connectivity index (χ0) is 37.4. The molecule has 0 bridgehead atoms. The van der Waals surface area contributed by atoms with Gasteiger partial charge >= 0.3 is 0 Å². The Morgan fingerprint density at radius 1 is 0.765 bits per heavy atom. The lowest BCUT2D eigenvalue weighted by atomic mass is 9.25. The van der Waals surface area contributed by atoms with E-state index >= 15 is 4.79 Å². The van der Waals surface area contributed by atoms with Crippen molar-refractivity contribution in [1.29, 1.82) is 0 Å². The lowest BCUT2D eigenvalue weighted by Gasteiger charge is -2.80. The molecule has 1 saturated heterocycles. The molecule has 7 fully saturated rings. The number of aliphatic hydroxyl groups is 1. The van der Waals surface area contributed by atoms with E-state index in [2.05, 4.69) is 97.9 Å². The van der Waals surface area contributed by atoms with E-state index in [-0.39, 0.29) is 67.3 Å². The van der Waals surface area contributed by atoms with Crippen molar-refractivity contribution in [3.63, 3.8) is 0 Å². The number of rotatable bonds is 5. The van der Waals surface area contributed by atoms with Crippen molar-refractivity contribution in [3.8, 4) is 0 Å². The first kappa shape index (κ1) is 37.9. The molecule has 0 aromatic rings. The molecule has 6 nitrogen and oxygen atoms in total. The third kappa shape index (κ3) is 4.59. The van der Waals surface area contributed by atoms with Gasteiger partial charge in [-0.05, 0) is 140 Å². The molecule has 0 aromatic carbocycles. The Bertz CT molecular complexity index is 1450. The van der Waals surface area contributed by atoms with Crippen LogP contribution in [0, 0.1) is 67.0 Å². The quantitative estimate of drug-likeness (QED) is 0.282. The second-order valence-electron chi connectivity index (χ2n) is 21.7. The third-order valence-electron chi connectivity index (χ3n) is 20.6. The van der Waals surface area contributed by atoms with Gasteiger partial charge in [0.25, 0.3) is 0 Å². The van der Waals surface area contributed by atoms with Crippen molar-refractivity contribution in [2.45, 2.75) is 159 Å². The molecule has 6 saturated carbocycles. The largest absolute Gasteiger partial charge is 0.393 e. The molecule has 2 amide bonds. The monoisotopic (exact) mass is 706 g/mol. The number of amides is 2. The van der Waals surface area contributed by atoms with Crippen LogP contribution in [-0.2, 0) is 9.59 Å². The molecule has 6 heteroatoms. The molecule has 1 aliphatic heterocycles. The summed E-state index contributed by atoms with van der Waals surface area (Å²) >= 11 is 0. The highest BCUT2D eigenvalue weighted by molar-refractivity contribution is 5.86. The van der Waals surface area contributed by atoms with Crippen LogP contribution in [0.4, 0.5) is 0 Å². The van der Waals surface area contributed by atoms with Crippen LogP contribution in [-0.4, -0.2) is 71.6 Å². The molecule has 288 valence electrons. The van der Waals surface area contributed by atoms with Gasteiger partial charge in [0, 0.05) is 38.1 Å². The fourth-order valence-electron chi connectivity index (χ4n) is 15.6. The number of allylic oxidation sites excluding steroid dienone is 1. The minimum Gasteiger partial charge on any atom is -0.393 e. The second-order valence-corrected chi connectivity index (χ2v) is 21.7. The fourth-order valence-corrected chi connectivity index (χ4v) is 15.6. The van der Waals surface area contributed by atoms with Crippen LogP contribution in [0.15, 0.2) is 12.2 Å². The topological polar surface area (TPSA) is 72.9 Å². The van der Waals surface area contributed by atoms with Crippen molar-refractivity contribution in [2.24, 2.45) is 67.0 Å². The van der Waals surface area contributed by atoms with E-state index in [4.69, 9.17) is 0 Å². The first-order chi connectivity index (χ1) is 23.6. The van der Waals surface area contributed by atoms with Gasteiger partial charge < -0.3 is 20.2 Å². The Morgan fingerprint density at radius 3 is 1.98 bits per heavy atom. The first-order valence-electron chi connectivity index (χ1n) is 21.3. The van der Waals surface area contributed by atoms with Crippen molar-refractivity contribution < 1.29 is 14.7 Å². The molecule has 51 heavy (non-hydrogen) atoms. The van der Waals surface area contributed by atoms with Crippen LogP contribution in [0.2, 0.25) is 0 Å². The Morgan fingerprint density at radius 2 is 1.37 bits per heavy atom. The minimum atomic E-state index is -0.358. The Kier molecular flexibility index (Phi) is 8.77. The van der Waals surface area contributed by atoms with Crippen LogP contribution in [0.25, 0.3) is 0 Å². The van der Waals surface area contributed by atoms with Crippen molar-refractivity contribution >= 4 is 11.8 Å². The first-order valence-corrected chi connectivity index (χ1v) is 21.3. The molecule has 1 heterocycles. The molecule has 0 aromatic heterocycles. The number of fused-ring (bicyclic) bond motifs is 7. The zero-order valence-corrected chi connectivity index (χ0v) is 34.6. The molecule has 6 aliphatic carbocycles. The van der Waals surface area contributed by atoms with Gasteiger partial charge in [-0.1, -0.05) is 81.4 Å². The summed E-state index contributed by atoms with van der Waals surface area (Å²) in [5.41, 5.74) is 1.16. The van der Waals surface area contributed by atoms with Gasteiger partial charge in [-0.3, -0.25) is 9.59 Å². The van der Waals surface area contributed by atoms with Gasteiger partial charge in [-0.15, -0.1) is 0 Å². The number of piperazine rings is 1. The van der Waals surface area contributed by atoms with E-state index in [0.717, 1.165) is 84.1 Å². The van der Waals surface area contributed by atoms with E-state index in [1.54, 1.807) is 0 Å². The number of nitrogens with zero attached hydrogens (tertiary/aromatic N) is 2. The summed E-state index contributed by atoms with van der Waals surface area (Å²) in [6.45, 7) is 35.9. The van der Waals surface area contributed by atoms with Crippen molar-refractivity contribution in [1.82, 2.24) is 15.1 Å². The van der Waals surface area contributed by atoms with Gasteiger partial charge in [0.05, 0.1) is 11.5 Å². The summed E-state index contributed by atoms with van der Waals surface area (Å²) in [6, 6.07) is 0.0382. The smallest absolute Gasteiger partial charge is 0.226 e. The van der Waals surface area contributed by atoms with Gasteiger partial charge in [-0.25, -0.2) is 0 Å². The van der Waals surface area contributed by atoms with Crippen LogP contribution < -0.4 is 5.32 Å². The highest BCUT2D eigenvalue weighted by Crippen LogP contribution is 2.84. The average molecular weight is 706 g/mol. The number of carbonyl (C=O) groups excluding carboxylic acids is 2. The molecule has 7 aliphatic rings. The molecular weight excluding hydrogens is 631 g/mol. The lowest BCUT2D eigenvalue weighted by molar-refractivity contribution is -0.319. The summed E-state index contributed by atoms with van der Waals surface area (Å²) < 4.78 is 0. The Balaban J connectivity index is 1.15. The summed E-state index contributed by atoms with van der Waals surface area (Å²) in [5.74, 6) is 1.73. The van der Waals surface area contributed by atoms with Gasteiger partial charge in [0.15, 0.2) is 0 Å². The number of aliphatic hydroxyl groups excluding tert-OH is 1. The lowest BCUT2D eigenvalue weighted by Crippen LogP contribution is -2.74. The fraction of sp³-hybridized carbons (Fsp3) is 0.911. The predicted molar refractivity (Wildman–Crippen MR) is 207 cm³/mol. The highest BCUT2D eigenvalue weighted by atomic mass is 16.3. The van der Waals surface area contributed by atoms with E-state index in [0.29, 0.717) is 23.7 Å². The SMILES string of the molecule is C=C(C)[C@@H]1CC[C@]2(C(=O)N[C@H]3C[C@@H](C(=O)N4CCN(CC)CC4)C3(C)C)CC[C@]3(C)[C@H](CC[C@]4(C)[C@@]5(C)CC[C@H](O)C(C)(C)[C@]5(C)CC[C@]43C)C12. The molecule has 2 N–H and O–H groups in total. The maximum atomic E-state index is 15.0. The Hall–Kier alpha value is -1.40. The minimum absolute atomic E-state index is 0.0223. The molecule has 12 atom stereocenters. The summed E-state index contributed by atoms with van der Waals surface area (Å²) in [5, 5.41) is 15.0. The molecule has 0 radical (unpaired) electrons. The third-order valence-corrected chi connectivity index (χ3v) is 20.6. The standard InChI is InChI=1S/C45H75N3O3/c1-13-47-24-26-48(27-25-47)36(50)32-28-33(38(32,4)5)46-37(51)45-19-14-30(29(2)3)35(45)31-15-17-44(12)42(10,40(31,8)20-23-45)22-21-41(9)39(6,7)34(49)16-18-43(41,44)11/h30-35,49H,2,13-28H2,1,3-12H3,(H,46,51)/t30-,31+,32-,33-,34-,35?,40+,41-,42-,43-,44-,45-/m0/s1. The van der Waals surface area contributed by atoms with E-state index < -0.39 is 0 Å². The molecule has 0 spiro atoms. The maximum absolute atomic E-state index is 15.0. The number of hydrogen-bond acceptors (Lipinski definition) is 4. The summed E-state index contributed by atoms with van der Waals surface area (Å²) in [6.07, 6.45) is 11.3. The Labute approximate surface area is 311 Å². The van der Waals surface area contributed by atoms with Crippen LogP contribution in [0.3, 0.4) is 0 Å².